The molecular formula is C14H18N4O3. The summed E-state index contributed by atoms with van der Waals surface area (Å²) in [6.45, 7) is 5.55. The van der Waals surface area contributed by atoms with Crippen LogP contribution in [-0.4, -0.2) is 40.0 Å². The third-order valence-corrected chi connectivity index (χ3v) is 3.03. The maximum absolute atomic E-state index is 12.3. The summed E-state index contributed by atoms with van der Waals surface area (Å²) in [5.74, 6) is -1.18. The number of nitrogens with one attached hydrogen (secondary N) is 2. The summed E-state index contributed by atoms with van der Waals surface area (Å²) in [6, 6.07) is 3.40. The molecule has 2 heterocycles. The van der Waals surface area contributed by atoms with E-state index in [0.29, 0.717) is 18.7 Å². The van der Waals surface area contributed by atoms with Crippen molar-refractivity contribution in [3.63, 3.8) is 0 Å². The quantitative estimate of drug-likeness (QED) is 0.676. The SMILES string of the molecule is CCNCCNC(=O)c1c(O)nc2cc(C)ccn2c1=O. The van der Waals surface area contributed by atoms with Crippen LogP contribution in [0.25, 0.3) is 5.65 Å². The second-order valence-electron chi connectivity index (χ2n) is 4.66. The number of nitrogens with zero attached hydrogens (tertiary/aromatic N) is 2. The lowest BCUT2D eigenvalue weighted by atomic mass is 10.2. The van der Waals surface area contributed by atoms with Crippen molar-refractivity contribution >= 4 is 11.6 Å². The van der Waals surface area contributed by atoms with Gasteiger partial charge < -0.3 is 15.7 Å². The van der Waals surface area contributed by atoms with Gasteiger partial charge in [-0.2, -0.15) is 4.98 Å². The van der Waals surface area contributed by atoms with Crippen molar-refractivity contribution in [2.75, 3.05) is 19.6 Å². The van der Waals surface area contributed by atoms with Crippen molar-refractivity contribution in [3.8, 4) is 5.88 Å². The molecule has 0 spiro atoms. The second kappa shape index (κ2) is 6.36. The fourth-order valence-corrected chi connectivity index (χ4v) is 1.96. The molecule has 0 aliphatic carbocycles. The first-order chi connectivity index (χ1) is 10.0. The predicted molar refractivity (Wildman–Crippen MR) is 78.7 cm³/mol. The first-order valence-corrected chi connectivity index (χ1v) is 6.75. The minimum Gasteiger partial charge on any atom is -0.493 e. The molecule has 0 radical (unpaired) electrons. The van der Waals surface area contributed by atoms with Crippen LogP contribution in [0.4, 0.5) is 0 Å². The summed E-state index contributed by atoms with van der Waals surface area (Å²) in [4.78, 5) is 28.2. The average Bonchev–Trinajstić information content (AvgIpc) is 2.43. The molecule has 0 atom stereocenters. The minimum absolute atomic E-state index is 0.307. The van der Waals surface area contributed by atoms with Crippen molar-refractivity contribution in [1.29, 1.82) is 0 Å². The van der Waals surface area contributed by atoms with Gasteiger partial charge in [-0.3, -0.25) is 14.0 Å². The molecule has 2 aromatic heterocycles. The van der Waals surface area contributed by atoms with Gasteiger partial charge in [-0.15, -0.1) is 0 Å². The molecule has 1 amide bonds. The summed E-state index contributed by atoms with van der Waals surface area (Å²) >= 11 is 0. The highest BCUT2D eigenvalue weighted by Crippen LogP contribution is 2.11. The summed E-state index contributed by atoms with van der Waals surface area (Å²) < 4.78 is 1.24. The summed E-state index contributed by atoms with van der Waals surface area (Å²) in [5.41, 5.74) is 0.289. The Hall–Kier alpha value is -2.41. The number of rotatable bonds is 5. The first-order valence-electron chi connectivity index (χ1n) is 6.75. The lowest BCUT2D eigenvalue weighted by Crippen LogP contribution is -2.35. The molecule has 2 rings (SSSR count). The predicted octanol–water partition coefficient (Wildman–Crippen LogP) is 0.0478. The number of hydrogen-bond donors (Lipinski definition) is 3. The zero-order valence-electron chi connectivity index (χ0n) is 12.0. The van der Waals surface area contributed by atoms with Gasteiger partial charge in [0.05, 0.1) is 0 Å². The third kappa shape index (κ3) is 3.19. The van der Waals surface area contributed by atoms with E-state index >= 15 is 0 Å². The molecule has 2 aromatic rings. The Balaban J connectivity index is 2.33. The maximum atomic E-state index is 12.3. The van der Waals surface area contributed by atoms with Gasteiger partial charge in [-0.25, -0.2) is 0 Å². The minimum atomic E-state index is -0.627. The fraction of sp³-hybridized carbons (Fsp3) is 0.357. The van der Waals surface area contributed by atoms with Gasteiger partial charge in [0.25, 0.3) is 11.5 Å². The van der Waals surface area contributed by atoms with E-state index in [1.807, 2.05) is 13.8 Å². The molecule has 0 unspecified atom stereocenters. The zero-order valence-corrected chi connectivity index (χ0v) is 12.0. The molecule has 0 aliphatic heterocycles. The smallest absolute Gasteiger partial charge is 0.274 e. The van der Waals surface area contributed by atoms with Crippen molar-refractivity contribution in [2.45, 2.75) is 13.8 Å². The van der Waals surface area contributed by atoms with E-state index in [1.54, 1.807) is 12.1 Å². The van der Waals surface area contributed by atoms with E-state index < -0.39 is 17.3 Å². The van der Waals surface area contributed by atoms with Crippen molar-refractivity contribution in [3.05, 3.63) is 39.8 Å². The largest absolute Gasteiger partial charge is 0.493 e. The molecule has 0 saturated heterocycles. The van der Waals surface area contributed by atoms with Gasteiger partial charge >= 0.3 is 0 Å². The van der Waals surface area contributed by atoms with Gasteiger partial charge in [0.2, 0.25) is 5.88 Å². The summed E-state index contributed by atoms with van der Waals surface area (Å²) in [5, 5.41) is 15.5. The van der Waals surface area contributed by atoms with E-state index in [4.69, 9.17) is 0 Å². The van der Waals surface area contributed by atoms with Crippen LogP contribution in [-0.2, 0) is 0 Å². The molecule has 21 heavy (non-hydrogen) atoms. The highest BCUT2D eigenvalue weighted by atomic mass is 16.3. The molecule has 0 saturated carbocycles. The van der Waals surface area contributed by atoms with Crippen LogP contribution in [0.5, 0.6) is 5.88 Å². The topological polar surface area (TPSA) is 95.7 Å². The number of aryl methyl sites for hydroxylation is 1. The van der Waals surface area contributed by atoms with Gasteiger partial charge in [0.1, 0.15) is 5.65 Å². The Morgan fingerprint density at radius 3 is 2.90 bits per heavy atom. The molecule has 0 aromatic carbocycles. The van der Waals surface area contributed by atoms with E-state index in [0.717, 1.165) is 12.1 Å². The molecule has 7 heteroatoms. The standard InChI is InChI=1S/C14H18N4O3/c1-3-15-5-6-16-12(19)11-13(20)17-10-8-9(2)4-7-18(10)14(11)21/h4,7-8,15,20H,3,5-6H2,1-2H3,(H,16,19). The number of pyridine rings is 1. The zero-order chi connectivity index (χ0) is 15.4. The number of aromatic hydroxyl groups is 1. The first kappa shape index (κ1) is 15.0. The van der Waals surface area contributed by atoms with Gasteiger partial charge in [0, 0.05) is 19.3 Å². The highest BCUT2D eigenvalue weighted by Gasteiger charge is 2.19. The number of carbonyl (C=O) groups is 1. The van der Waals surface area contributed by atoms with Crippen LogP contribution < -0.4 is 16.2 Å². The number of hydrogen-bond acceptors (Lipinski definition) is 5. The second-order valence-corrected chi connectivity index (χ2v) is 4.66. The highest BCUT2D eigenvalue weighted by molar-refractivity contribution is 5.96. The molecule has 112 valence electrons. The van der Waals surface area contributed by atoms with Crippen LogP contribution in [0.2, 0.25) is 0 Å². The summed E-state index contributed by atoms with van der Waals surface area (Å²) in [7, 11) is 0. The van der Waals surface area contributed by atoms with Crippen LogP contribution in [0, 0.1) is 6.92 Å². The fourth-order valence-electron chi connectivity index (χ4n) is 1.96. The van der Waals surface area contributed by atoms with Crippen molar-refractivity contribution < 1.29 is 9.90 Å². The Bertz CT molecular complexity index is 724. The van der Waals surface area contributed by atoms with Crippen LogP contribution in [0.15, 0.2) is 23.1 Å². The van der Waals surface area contributed by atoms with E-state index in [2.05, 4.69) is 15.6 Å². The molecular weight excluding hydrogens is 272 g/mol. The number of fused-ring (bicyclic) bond motifs is 1. The Labute approximate surface area is 121 Å². The monoisotopic (exact) mass is 290 g/mol. The molecule has 0 aliphatic rings. The Morgan fingerprint density at radius 1 is 1.43 bits per heavy atom. The summed E-state index contributed by atoms with van der Waals surface area (Å²) in [6.07, 6.45) is 1.54. The lowest BCUT2D eigenvalue weighted by molar-refractivity contribution is 0.0949. The van der Waals surface area contributed by atoms with Crippen LogP contribution >= 0.6 is 0 Å². The van der Waals surface area contributed by atoms with E-state index in [1.165, 1.54) is 10.6 Å². The van der Waals surface area contributed by atoms with E-state index in [9.17, 15) is 14.7 Å². The van der Waals surface area contributed by atoms with Gasteiger partial charge in [-0.05, 0) is 31.2 Å². The lowest BCUT2D eigenvalue weighted by Gasteiger charge is -2.08. The maximum Gasteiger partial charge on any atom is 0.274 e. The van der Waals surface area contributed by atoms with Crippen LogP contribution in [0.3, 0.4) is 0 Å². The molecule has 3 N–H and O–H groups in total. The van der Waals surface area contributed by atoms with Crippen molar-refractivity contribution in [1.82, 2.24) is 20.0 Å². The number of aromatic nitrogens is 2. The molecule has 0 bridgehead atoms. The molecule has 0 fully saturated rings. The number of amides is 1. The van der Waals surface area contributed by atoms with Crippen molar-refractivity contribution in [2.24, 2.45) is 0 Å². The number of carbonyl (C=O) groups excluding carboxylic acids is 1. The number of likely N-dealkylation sites (N-methyl/N-ethyl adjacent to an activating group) is 1. The van der Waals surface area contributed by atoms with Gasteiger partial charge in [0.15, 0.2) is 5.56 Å². The van der Waals surface area contributed by atoms with E-state index in [-0.39, 0.29) is 5.56 Å². The third-order valence-electron chi connectivity index (χ3n) is 3.03. The normalized spacial score (nSPS) is 10.8. The Kier molecular flexibility index (Phi) is 4.54. The van der Waals surface area contributed by atoms with Crippen LogP contribution in [0.1, 0.15) is 22.8 Å². The average molecular weight is 290 g/mol. The Morgan fingerprint density at radius 2 is 2.19 bits per heavy atom. The molecule has 7 nitrogen and oxygen atoms in total. The van der Waals surface area contributed by atoms with Gasteiger partial charge in [-0.1, -0.05) is 6.92 Å².